The molecule has 1 fully saturated rings. The number of amides is 3. The summed E-state index contributed by atoms with van der Waals surface area (Å²) in [5.74, 6) is -1.35. The molecule has 9 nitrogen and oxygen atoms in total. The Morgan fingerprint density at radius 2 is 1.96 bits per heavy atom. The molecule has 4 N–H and O–H groups in total. The van der Waals surface area contributed by atoms with Crippen LogP contribution in [0.5, 0.6) is 0 Å². The van der Waals surface area contributed by atoms with Crippen molar-refractivity contribution in [2.45, 2.75) is 44.8 Å². The number of aliphatic carboxylic acids is 1. The van der Waals surface area contributed by atoms with E-state index in [-0.39, 0.29) is 37.6 Å². The van der Waals surface area contributed by atoms with Crippen molar-refractivity contribution in [3.63, 3.8) is 0 Å². The Bertz CT molecular complexity index is 548. The zero-order chi connectivity index (χ0) is 19.3. The lowest BCUT2D eigenvalue weighted by atomic mass is 9.99. The summed E-state index contributed by atoms with van der Waals surface area (Å²) < 4.78 is 5.11. The minimum atomic E-state index is -1.56. The van der Waals surface area contributed by atoms with Crippen molar-refractivity contribution < 1.29 is 29.0 Å². The van der Waals surface area contributed by atoms with Crippen LogP contribution in [0.1, 0.15) is 33.6 Å². The summed E-state index contributed by atoms with van der Waals surface area (Å²) in [5.41, 5.74) is 2.71. The molecule has 0 spiro atoms. The monoisotopic (exact) mass is 375 g/mol. The lowest BCUT2D eigenvalue weighted by Gasteiger charge is -2.28. The summed E-state index contributed by atoms with van der Waals surface area (Å²) in [5, 5.41) is 11.9. The summed E-state index contributed by atoms with van der Waals surface area (Å²) >= 11 is 1.24. The number of carbonyl (C=O) groups excluding carboxylic acids is 3. The minimum Gasteiger partial charge on any atom is -0.479 e. The maximum absolute atomic E-state index is 12.2. The molecule has 0 radical (unpaired) electrons. The highest BCUT2D eigenvalue weighted by atomic mass is 32.2. The van der Waals surface area contributed by atoms with Gasteiger partial charge in [0.1, 0.15) is 5.60 Å². The van der Waals surface area contributed by atoms with E-state index in [1.165, 1.54) is 16.7 Å². The molecule has 1 atom stereocenters. The second-order valence-electron chi connectivity index (χ2n) is 6.85. The molecule has 1 rings (SSSR count). The van der Waals surface area contributed by atoms with E-state index in [2.05, 4.69) is 5.32 Å². The van der Waals surface area contributed by atoms with E-state index in [9.17, 15) is 24.3 Å². The summed E-state index contributed by atoms with van der Waals surface area (Å²) in [4.78, 5) is 47.8. The van der Waals surface area contributed by atoms with Crippen LogP contribution >= 0.6 is 11.8 Å². The molecule has 142 valence electrons. The van der Waals surface area contributed by atoms with E-state index in [0.717, 1.165) is 0 Å². The number of nitrogens with zero attached hydrogens (tertiary/aromatic N) is 1. The Kier molecular flexibility index (Phi) is 7.09. The van der Waals surface area contributed by atoms with Crippen molar-refractivity contribution >= 4 is 35.6 Å². The van der Waals surface area contributed by atoms with Crippen molar-refractivity contribution in [3.8, 4) is 0 Å². The van der Waals surface area contributed by atoms with E-state index in [4.69, 9.17) is 10.5 Å². The van der Waals surface area contributed by atoms with E-state index in [0.29, 0.717) is 5.75 Å². The number of carbonyl (C=O) groups is 4. The van der Waals surface area contributed by atoms with Crippen molar-refractivity contribution in [3.05, 3.63) is 0 Å². The van der Waals surface area contributed by atoms with Gasteiger partial charge in [0.25, 0.3) is 0 Å². The average Bonchev–Trinajstić information content (AvgIpc) is 2.86. The molecule has 1 aliphatic heterocycles. The average molecular weight is 375 g/mol. The number of primary amides is 1. The van der Waals surface area contributed by atoms with Crippen LogP contribution in [0.25, 0.3) is 0 Å². The molecule has 1 unspecified atom stereocenters. The largest absolute Gasteiger partial charge is 0.479 e. The molecule has 3 amide bonds. The van der Waals surface area contributed by atoms with Gasteiger partial charge in [-0.2, -0.15) is 11.8 Å². The van der Waals surface area contributed by atoms with Gasteiger partial charge >= 0.3 is 12.1 Å². The minimum absolute atomic E-state index is 0.0990. The Hall–Kier alpha value is -1.97. The topological polar surface area (TPSA) is 139 Å². The number of hydrogen-bond donors (Lipinski definition) is 3. The van der Waals surface area contributed by atoms with Crippen molar-refractivity contribution in [2.75, 3.05) is 24.6 Å². The summed E-state index contributed by atoms with van der Waals surface area (Å²) in [6.07, 6.45) is -0.567. The van der Waals surface area contributed by atoms with Crippen LogP contribution in [0, 0.1) is 0 Å². The molecule has 0 bridgehead atoms. The highest BCUT2D eigenvalue weighted by Crippen LogP contribution is 2.24. The highest BCUT2D eigenvalue weighted by Gasteiger charge is 2.48. The first-order chi connectivity index (χ1) is 11.4. The molecular formula is C15H25N3O6S. The van der Waals surface area contributed by atoms with Crippen LogP contribution in [-0.2, 0) is 19.1 Å². The van der Waals surface area contributed by atoms with E-state index in [1.54, 1.807) is 20.8 Å². The lowest BCUT2D eigenvalue weighted by Crippen LogP contribution is -2.57. The number of likely N-dealkylation sites (tertiary alicyclic amines) is 1. The second-order valence-corrected chi connectivity index (χ2v) is 7.95. The summed E-state index contributed by atoms with van der Waals surface area (Å²) in [6, 6.07) is 0. The predicted molar refractivity (Wildman–Crippen MR) is 92.1 cm³/mol. The maximum Gasteiger partial charge on any atom is 0.408 e. The van der Waals surface area contributed by atoms with Gasteiger partial charge in [0.2, 0.25) is 11.8 Å². The van der Waals surface area contributed by atoms with Gasteiger partial charge in [-0.1, -0.05) is 0 Å². The van der Waals surface area contributed by atoms with Gasteiger partial charge in [-0.3, -0.25) is 9.59 Å². The molecule has 25 heavy (non-hydrogen) atoms. The molecule has 0 aromatic heterocycles. The number of nitrogens with one attached hydrogen (secondary N) is 1. The van der Waals surface area contributed by atoms with Crippen LogP contribution in [0.3, 0.4) is 0 Å². The first-order valence-corrected chi connectivity index (χ1v) is 8.99. The van der Waals surface area contributed by atoms with Crippen molar-refractivity contribution in [1.29, 1.82) is 0 Å². The van der Waals surface area contributed by atoms with Gasteiger partial charge in [-0.05, 0) is 20.8 Å². The molecule has 10 heteroatoms. The maximum atomic E-state index is 12.2. The predicted octanol–water partition coefficient (Wildman–Crippen LogP) is 0.175. The Morgan fingerprint density at radius 3 is 2.48 bits per heavy atom. The van der Waals surface area contributed by atoms with Crippen LogP contribution in [0.15, 0.2) is 0 Å². The van der Waals surface area contributed by atoms with E-state index in [1.807, 2.05) is 0 Å². The smallest absolute Gasteiger partial charge is 0.408 e. The number of rotatable bonds is 7. The number of alkyl carbamates (subject to hydrolysis) is 1. The Labute approximate surface area is 150 Å². The van der Waals surface area contributed by atoms with Gasteiger partial charge in [-0.15, -0.1) is 0 Å². The zero-order valence-electron chi connectivity index (χ0n) is 14.7. The van der Waals surface area contributed by atoms with Gasteiger partial charge in [0, 0.05) is 25.1 Å². The third-order valence-electron chi connectivity index (χ3n) is 3.48. The summed E-state index contributed by atoms with van der Waals surface area (Å²) in [7, 11) is 0. The first kappa shape index (κ1) is 21.1. The van der Waals surface area contributed by atoms with E-state index >= 15 is 0 Å². The lowest BCUT2D eigenvalue weighted by molar-refractivity contribution is -0.144. The zero-order valence-corrected chi connectivity index (χ0v) is 15.5. The van der Waals surface area contributed by atoms with Crippen molar-refractivity contribution in [1.82, 2.24) is 10.2 Å². The van der Waals surface area contributed by atoms with Crippen LogP contribution < -0.4 is 11.1 Å². The highest BCUT2D eigenvalue weighted by molar-refractivity contribution is 7.99. The Morgan fingerprint density at radius 1 is 1.32 bits per heavy atom. The molecular weight excluding hydrogens is 350 g/mol. The van der Waals surface area contributed by atoms with Gasteiger partial charge in [-0.25, -0.2) is 9.59 Å². The fraction of sp³-hybridized carbons (Fsp3) is 0.733. The Balaban J connectivity index is 2.61. The fourth-order valence-electron chi connectivity index (χ4n) is 2.34. The summed E-state index contributed by atoms with van der Waals surface area (Å²) in [6.45, 7) is 5.12. The first-order valence-electron chi connectivity index (χ1n) is 7.83. The molecule has 0 aromatic rings. The van der Waals surface area contributed by atoms with Crippen LogP contribution in [-0.4, -0.2) is 69.6 Å². The number of carboxylic acid groups (broad SMARTS) is 1. The standard InChI is InChI=1S/C15H25N3O6S/c1-14(2,3)24-13(23)17-15(12(21)22)5-6-18(9-15)11(20)4-7-25-8-10(16)19/h4-9H2,1-3H3,(H2,16,19)(H,17,23)(H,21,22). The molecule has 0 saturated carbocycles. The van der Waals surface area contributed by atoms with E-state index < -0.39 is 29.1 Å². The number of hydrogen-bond acceptors (Lipinski definition) is 6. The molecule has 1 aliphatic rings. The second kappa shape index (κ2) is 8.41. The normalized spacial score (nSPS) is 20.2. The van der Waals surface area contributed by atoms with Gasteiger partial charge < -0.3 is 25.8 Å². The van der Waals surface area contributed by atoms with Gasteiger partial charge in [0.15, 0.2) is 5.54 Å². The SMILES string of the molecule is CC(C)(C)OC(=O)NC1(C(=O)O)CCN(C(=O)CCSCC(N)=O)C1. The third-order valence-corrected chi connectivity index (χ3v) is 4.46. The fourth-order valence-corrected chi connectivity index (χ4v) is 3.01. The molecule has 0 aromatic carbocycles. The van der Waals surface area contributed by atoms with Crippen LogP contribution in [0.4, 0.5) is 4.79 Å². The van der Waals surface area contributed by atoms with Crippen molar-refractivity contribution in [2.24, 2.45) is 5.73 Å². The molecule has 1 saturated heterocycles. The van der Waals surface area contributed by atoms with Gasteiger partial charge in [0.05, 0.1) is 12.3 Å². The number of carboxylic acids is 1. The molecule has 1 heterocycles. The number of thioether (sulfide) groups is 1. The molecule has 0 aliphatic carbocycles. The third kappa shape index (κ3) is 6.81. The number of ether oxygens (including phenoxy) is 1. The number of nitrogens with two attached hydrogens (primary N) is 1. The van der Waals surface area contributed by atoms with Crippen LogP contribution in [0.2, 0.25) is 0 Å². The quantitative estimate of drug-likeness (QED) is 0.539.